The molecule has 5 N–H and O–H groups in total. The van der Waals surface area contributed by atoms with Gasteiger partial charge in [0.15, 0.2) is 0 Å². The summed E-state index contributed by atoms with van der Waals surface area (Å²) in [6.07, 6.45) is 5.67. The van der Waals surface area contributed by atoms with Crippen LogP contribution in [-0.2, 0) is 0 Å². The van der Waals surface area contributed by atoms with Gasteiger partial charge in [0.1, 0.15) is 0 Å². The Hall–Kier alpha value is -0.710. The molecular weight excluding hydrogens is 164 g/mol. The van der Waals surface area contributed by atoms with Crippen LogP contribution in [0.2, 0.25) is 0 Å². The Balaban J connectivity index is 2.41. The number of hydrogen-bond acceptors (Lipinski definition) is 4. The normalized spacial score (nSPS) is 29.2. The van der Waals surface area contributed by atoms with E-state index in [0.717, 1.165) is 6.54 Å². The molecule has 0 saturated carbocycles. The summed E-state index contributed by atoms with van der Waals surface area (Å²) in [7, 11) is 0. The van der Waals surface area contributed by atoms with Gasteiger partial charge in [-0.15, -0.1) is 0 Å². The van der Waals surface area contributed by atoms with Gasteiger partial charge in [-0.25, -0.2) is 0 Å². The predicted octanol–water partition coefficient (Wildman–Crippen LogP) is -0.330. The average molecular weight is 182 g/mol. The summed E-state index contributed by atoms with van der Waals surface area (Å²) < 4.78 is 0. The molecular formula is C9H18N4. The van der Waals surface area contributed by atoms with Gasteiger partial charge in [0.05, 0.1) is 0 Å². The van der Waals surface area contributed by atoms with Crippen molar-refractivity contribution in [1.82, 2.24) is 5.32 Å². The standard InChI is InChI=1S/C9H18N4/c1-7(4-13-6-10)8-2-3-12-5-9(8)11/h2-3,5,7-9,13H,4,6,10-11H2,1H3. The van der Waals surface area contributed by atoms with Crippen LogP contribution in [0.3, 0.4) is 0 Å². The molecule has 4 heteroatoms. The third-order valence-electron chi connectivity index (χ3n) is 2.36. The molecule has 0 aromatic heterocycles. The van der Waals surface area contributed by atoms with Crippen LogP contribution in [0.5, 0.6) is 0 Å². The van der Waals surface area contributed by atoms with Crippen LogP contribution in [0.4, 0.5) is 0 Å². The molecule has 0 spiro atoms. The third kappa shape index (κ3) is 2.91. The molecule has 0 aromatic rings. The van der Waals surface area contributed by atoms with Gasteiger partial charge in [0, 0.05) is 31.0 Å². The Kier molecular flexibility index (Phi) is 4.08. The van der Waals surface area contributed by atoms with Gasteiger partial charge in [-0.05, 0) is 12.5 Å². The van der Waals surface area contributed by atoms with Crippen molar-refractivity contribution in [3.8, 4) is 0 Å². The summed E-state index contributed by atoms with van der Waals surface area (Å²) in [4.78, 5) is 4.00. The van der Waals surface area contributed by atoms with E-state index in [1.165, 1.54) is 0 Å². The predicted molar refractivity (Wildman–Crippen MR) is 55.3 cm³/mol. The van der Waals surface area contributed by atoms with E-state index in [1.54, 1.807) is 6.21 Å². The van der Waals surface area contributed by atoms with Crippen molar-refractivity contribution in [2.45, 2.75) is 13.0 Å². The zero-order valence-electron chi connectivity index (χ0n) is 7.98. The van der Waals surface area contributed by atoms with Crippen LogP contribution in [0, 0.1) is 11.8 Å². The van der Waals surface area contributed by atoms with Gasteiger partial charge in [-0.2, -0.15) is 0 Å². The quantitative estimate of drug-likeness (QED) is 0.521. The number of aliphatic imine (C=N–C) groups is 1. The highest BCUT2D eigenvalue weighted by Crippen LogP contribution is 2.17. The molecule has 74 valence electrons. The highest BCUT2D eigenvalue weighted by atomic mass is 15.0. The highest BCUT2D eigenvalue weighted by Gasteiger charge is 2.21. The third-order valence-corrected chi connectivity index (χ3v) is 2.36. The van der Waals surface area contributed by atoms with Crippen molar-refractivity contribution in [2.24, 2.45) is 28.3 Å². The van der Waals surface area contributed by atoms with Crippen LogP contribution >= 0.6 is 0 Å². The molecule has 3 atom stereocenters. The second kappa shape index (κ2) is 5.11. The first-order valence-corrected chi connectivity index (χ1v) is 4.62. The largest absolute Gasteiger partial charge is 0.323 e. The second-order valence-corrected chi connectivity index (χ2v) is 3.43. The van der Waals surface area contributed by atoms with Crippen LogP contribution < -0.4 is 16.8 Å². The first-order valence-electron chi connectivity index (χ1n) is 4.62. The van der Waals surface area contributed by atoms with Crippen molar-refractivity contribution >= 4 is 6.21 Å². The van der Waals surface area contributed by atoms with Gasteiger partial charge in [-0.3, -0.25) is 4.99 Å². The SMILES string of the molecule is CC(CNCN)C1C=CN=CC1N. The lowest BCUT2D eigenvalue weighted by molar-refractivity contribution is 0.386. The van der Waals surface area contributed by atoms with Gasteiger partial charge >= 0.3 is 0 Å². The summed E-state index contributed by atoms with van der Waals surface area (Å²) in [5, 5.41) is 3.11. The fourth-order valence-corrected chi connectivity index (χ4v) is 1.54. The maximum Gasteiger partial charge on any atom is 0.0466 e. The zero-order valence-corrected chi connectivity index (χ0v) is 7.98. The minimum atomic E-state index is 0.0413. The summed E-state index contributed by atoms with van der Waals surface area (Å²) >= 11 is 0. The molecule has 1 rings (SSSR count). The number of hydrogen-bond donors (Lipinski definition) is 3. The first kappa shape index (κ1) is 10.4. The summed E-state index contributed by atoms with van der Waals surface area (Å²) in [6.45, 7) is 3.58. The van der Waals surface area contributed by atoms with Gasteiger partial charge in [-0.1, -0.05) is 13.0 Å². The van der Waals surface area contributed by atoms with Crippen molar-refractivity contribution in [2.75, 3.05) is 13.2 Å². The number of nitrogens with zero attached hydrogens (tertiary/aromatic N) is 1. The maximum atomic E-state index is 5.89. The number of rotatable bonds is 4. The lowest BCUT2D eigenvalue weighted by Gasteiger charge is -2.26. The summed E-state index contributed by atoms with van der Waals surface area (Å²) in [5.41, 5.74) is 11.2. The molecule has 3 unspecified atom stereocenters. The fraction of sp³-hybridized carbons (Fsp3) is 0.667. The Bertz CT molecular complexity index is 200. The van der Waals surface area contributed by atoms with Crippen LogP contribution in [0.1, 0.15) is 6.92 Å². The van der Waals surface area contributed by atoms with E-state index in [0.29, 0.717) is 18.5 Å². The Morgan fingerprint density at radius 1 is 1.62 bits per heavy atom. The van der Waals surface area contributed by atoms with E-state index >= 15 is 0 Å². The molecule has 0 saturated heterocycles. The topological polar surface area (TPSA) is 76.4 Å². The number of nitrogens with one attached hydrogen (secondary N) is 1. The molecule has 0 fully saturated rings. The van der Waals surface area contributed by atoms with Crippen LogP contribution in [0.15, 0.2) is 17.3 Å². The fourth-order valence-electron chi connectivity index (χ4n) is 1.54. The van der Waals surface area contributed by atoms with Crippen LogP contribution in [-0.4, -0.2) is 25.5 Å². The summed E-state index contributed by atoms with van der Waals surface area (Å²) in [5.74, 6) is 0.859. The molecule has 1 aliphatic heterocycles. The van der Waals surface area contributed by atoms with E-state index in [2.05, 4.69) is 23.3 Å². The monoisotopic (exact) mass is 182 g/mol. The van der Waals surface area contributed by atoms with E-state index in [-0.39, 0.29) is 6.04 Å². The molecule has 1 aliphatic rings. The minimum absolute atomic E-state index is 0.0413. The minimum Gasteiger partial charge on any atom is -0.323 e. The van der Waals surface area contributed by atoms with Gasteiger partial charge < -0.3 is 16.8 Å². The lowest BCUT2D eigenvalue weighted by Crippen LogP contribution is -2.40. The number of nitrogens with two attached hydrogens (primary N) is 2. The maximum absolute atomic E-state index is 5.89. The molecule has 13 heavy (non-hydrogen) atoms. The van der Waals surface area contributed by atoms with Gasteiger partial charge in [0.2, 0.25) is 0 Å². The first-order chi connectivity index (χ1) is 6.25. The molecule has 0 aromatic carbocycles. The smallest absolute Gasteiger partial charge is 0.0466 e. The summed E-state index contributed by atoms with van der Waals surface area (Å²) in [6, 6.07) is 0.0413. The van der Waals surface area contributed by atoms with Crippen molar-refractivity contribution in [3.05, 3.63) is 12.3 Å². The highest BCUT2D eigenvalue weighted by molar-refractivity contribution is 5.67. The van der Waals surface area contributed by atoms with Crippen molar-refractivity contribution in [1.29, 1.82) is 0 Å². The zero-order chi connectivity index (χ0) is 9.68. The van der Waals surface area contributed by atoms with E-state index < -0.39 is 0 Å². The molecule has 0 radical (unpaired) electrons. The molecule has 1 heterocycles. The van der Waals surface area contributed by atoms with E-state index in [9.17, 15) is 0 Å². The van der Waals surface area contributed by atoms with E-state index in [4.69, 9.17) is 11.5 Å². The Morgan fingerprint density at radius 3 is 3.00 bits per heavy atom. The van der Waals surface area contributed by atoms with Crippen LogP contribution in [0.25, 0.3) is 0 Å². The molecule has 0 bridgehead atoms. The molecule has 0 aliphatic carbocycles. The Labute approximate surface area is 79.1 Å². The van der Waals surface area contributed by atoms with Gasteiger partial charge in [0.25, 0.3) is 0 Å². The molecule has 4 nitrogen and oxygen atoms in total. The van der Waals surface area contributed by atoms with E-state index in [1.807, 2.05) is 6.20 Å². The van der Waals surface area contributed by atoms with Crippen molar-refractivity contribution < 1.29 is 0 Å². The average Bonchev–Trinajstić information content (AvgIpc) is 2.15. The Morgan fingerprint density at radius 2 is 2.38 bits per heavy atom. The lowest BCUT2D eigenvalue weighted by atomic mass is 9.87. The molecule has 0 amide bonds. The second-order valence-electron chi connectivity index (χ2n) is 3.43. The van der Waals surface area contributed by atoms with Crippen molar-refractivity contribution in [3.63, 3.8) is 0 Å².